The molecule has 1 saturated heterocycles. The first-order valence-corrected chi connectivity index (χ1v) is 6.72. The first-order valence-electron chi connectivity index (χ1n) is 5.56. The summed E-state index contributed by atoms with van der Waals surface area (Å²) in [7, 11) is 0. The van der Waals surface area contributed by atoms with Crippen LogP contribution in [0.2, 0.25) is 0 Å². The van der Waals surface area contributed by atoms with Gasteiger partial charge in [-0.05, 0) is 43.2 Å². The minimum Gasteiger partial charge on any atom is -0.397 e. The summed E-state index contributed by atoms with van der Waals surface area (Å²) in [4.78, 5) is 0. The van der Waals surface area contributed by atoms with Gasteiger partial charge in [0.05, 0.1) is 11.4 Å². The summed E-state index contributed by atoms with van der Waals surface area (Å²) in [6.07, 6.45) is 2.41. The number of anilines is 2. The normalized spacial score (nSPS) is 20.8. The largest absolute Gasteiger partial charge is 0.397 e. The Morgan fingerprint density at radius 3 is 3.00 bits per heavy atom. The highest BCUT2D eigenvalue weighted by atomic mass is 32.2. The van der Waals surface area contributed by atoms with Crippen LogP contribution >= 0.6 is 11.8 Å². The van der Waals surface area contributed by atoms with Gasteiger partial charge in [0.1, 0.15) is 5.82 Å². The van der Waals surface area contributed by atoms with Crippen molar-refractivity contribution in [3.63, 3.8) is 0 Å². The molecular formula is C12H17FN2S. The lowest BCUT2D eigenvalue weighted by atomic mass is 10.1. The molecule has 1 aliphatic rings. The van der Waals surface area contributed by atoms with E-state index in [2.05, 4.69) is 5.32 Å². The van der Waals surface area contributed by atoms with E-state index in [1.807, 2.05) is 11.8 Å². The number of thioether (sulfide) groups is 1. The van der Waals surface area contributed by atoms with Gasteiger partial charge in [-0.15, -0.1) is 0 Å². The van der Waals surface area contributed by atoms with E-state index in [-0.39, 0.29) is 5.82 Å². The summed E-state index contributed by atoms with van der Waals surface area (Å²) < 4.78 is 13.2. The lowest BCUT2D eigenvalue weighted by Gasteiger charge is -2.24. The molecule has 1 atom stereocenters. The summed E-state index contributed by atoms with van der Waals surface area (Å²) in [6.45, 7) is 1.76. The number of benzene rings is 1. The number of hydrogen-bond acceptors (Lipinski definition) is 3. The molecule has 1 unspecified atom stereocenters. The molecule has 1 aromatic carbocycles. The molecule has 3 N–H and O–H groups in total. The van der Waals surface area contributed by atoms with Crippen molar-refractivity contribution in [3.05, 3.63) is 23.5 Å². The minimum atomic E-state index is -0.235. The Morgan fingerprint density at radius 1 is 1.50 bits per heavy atom. The van der Waals surface area contributed by atoms with Gasteiger partial charge < -0.3 is 11.1 Å². The molecule has 0 bridgehead atoms. The molecular weight excluding hydrogens is 223 g/mol. The fourth-order valence-electron chi connectivity index (χ4n) is 1.90. The lowest BCUT2D eigenvalue weighted by Crippen LogP contribution is -2.26. The molecule has 2 nitrogen and oxygen atoms in total. The molecule has 1 aliphatic heterocycles. The van der Waals surface area contributed by atoms with E-state index in [9.17, 15) is 4.39 Å². The van der Waals surface area contributed by atoms with Gasteiger partial charge in [0.15, 0.2) is 0 Å². The third-order valence-corrected chi connectivity index (χ3v) is 4.07. The molecule has 0 radical (unpaired) electrons. The molecule has 16 heavy (non-hydrogen) atoms. The smallest absolute Gasteiger partial charge is 0.128 e. The van der Waals surface area contributed by atoms with Crippen molar-refractivity contribution in [2.24, 2.45) is 0 Å². The topological polar surface area (TPSA) is 38.0 Å². The number of halogens is 1. The van der Waals surface area contributed by atoms with Gasteiger partial charge in [-0.2, -0.15) is 11.8 Å². The summed E-state index contributed by atoms with van der Waals surface area (Å²) in [5, 5.41) is 3.40. The second-order valence-electron chi connectivity index (χ2n) is 4.25. The van der Waals surface area contributed by atoms with Crippen molar-refractivity contribution >= 4 is 23.1 Å². The summed E-state index contributed by atoms with van der Waals surface area (Å²) >= 11 is 1.96. The molecule has 0 saturated carbocycles. The number of rotatable bonds is 2. The third-order valence-electron chi connectivity index (χ3n) is 2.85. The second-order valence-corrected chi connectivity index (χ2v) is 5.40. The second kappa shape index (κ2) is 4.95. The van der Waals surface area contributed by atoms with Crippen LogP contribution < -0.4 is 11.1 Å². The van der Waals surface area contributed by atoms with Gasteiger partial charge in [0.2, 0.25) is 0 Å². The van der Waals surface area contributed by atoms with Crippen LogP contribution in [-0.2, 0) is 0 Å². The van der Waals surface area contributed by atoms with Crippen molar-refractivity contribution in [2.45, 2.75) is 25.8 Å². The van der Waals surface area contributed by atoms with Crippen molar-refractivity contribution in [1.82, 2.24) is 0 Å². The zero-order valence-corrected chi connectivity index (χ0v) is 10.2. The van der Waals surface area contributed by atoms with E-state index in [4.69, 9.17) is 5.73 Å². The van der Waals surface area contributed by atoms with Gasteiger partial charge in [0, 0.05) is 11.8 Å². The van der Waals surface area contributed by atoms with Crippen molar-refractivity contribution < 1.29 is 4.39 Å². The highest BCUT2D eigenvalue weighted by molar-refractivity contribution is 7.99. The molecule has 1 fully saturated rings. The summed E-state index contributed by atoms with van der Waals surface area (Å²) in [5.41, 5.74) is 7.80. The van der Waals surface area contributed by atoms with Crippen molar-refractivity contribution in [2.75, 3.05) is 22.6 Å². The fourth-order valence-corrected chi connectivity index (χ4v) is 2.97. The van der Waals surface area contributed by atoms with Crippen molar-refractivity contribution in [1.29, 1.82) is 0 Å². The maximum Gasteiger partial charge on any atom is 0.128 e. The van der Waals surface area contributed by atoms with Crippen LogP contribution in [-0.4, -0.2) is 17.5 Å². The lowest BCUT2D eigenvalue weighted by molar-refractivity contribution is 0.619. The van der Waals surface area contributed by atoms with Gasteiger partial charge in [-0.25, -0.2) is 4.39 Å². The highest BCUT2D eigenvalue weighted by Gasteiger charge is 2.15. The van der Waals surface area contributed by atoms with Gasteiger partial charge in [-0.1, -0.05) is 0 Å². The first kappa shape index (κ1) is 11.6. The maximum atomic E-state index is 13.2. The Labute approximate surface area is 99.8 Å². The Balaban J connectivity index is 2.11. The Bertz CT molecular complexity index is 376. The predicted octanol–water partition coefficient (Wildman–Crippen LogP) is 3.02. The number of nitrogens with one attached hydrogen (secondary N) is 1. The Kier molecular flexibility index (Phi) is 3.59. The highest BCUT2D eigenvalue weighted by Crippen LogP contribution is 2.26. The molecule has 2 rings (SSSR count). The van der Waals surface area contributed by atoms with Gasteiger partial charge in [-0.3, -0.25) is 0 Å². The predicted molar refractivity (Wildman–Crippen MR) is 69.5 cm³/mol. The standard InChI is InChI=1S/C12H17FN2S/c1-8-5-12(11(14)6-10(8)13)15-9-3-2-4-16-7-9/h5-6,9,15H,2-4,7,14H2,1H3. The van der Waals surface area contributed by atoms with Crippen LogP contribution in [0.25, 0.3) is 0 Å². The monoisotopic (exact) mass is 240 g/mol. The zero-order chi connectivity index (χ0) is 11.5. The number of nitrogens with two attached hydrogens (primary N) is 1. The van der Waals surface area contributed by atoms with E-state index in [1.165, 1.54) is 24.7 Å². The average molecular weight is 240 g/mol. The Morgan fingerprint density at radius 2 is 2.31 bits per heavy atom. The van der Waals surface area contributed by atoms with Crippen LogP contribution in [0.3, 0.4) is 0 Å². The van der Waals surface area contributed by atoms with E-state index in [0.29, 0.717) is 17.3 Å². The van der Waals surface area contributed by atoms with E-state index in [0.717, 1.165) is 11.4 Å². The Hall–Kier alpha value is -0.900. The molecule has 4 heteroatoms. The number of aryl methyl sites for hydroxylation is 1. The van der Waals surface area contributed by atoms with E-state index < -0.39 is 0 Å². The van der Waals surface area contributed by atoms with Crippen LogP contribution in [0.15, 0.2) is 12.1 Å². The van der Waals surface area contributed by atoms with Crippen LogP contribution in [0.1, 0.15) is 18.4 Å². The summed E-state index contributed by atoms with van der Waals surface area (Å²) in [5.74, 6) is 2.12. The summed E-state index contributed by atoms with van der Waals surface area (Å²) in [6, 6.07) is 3.66. The molecule has 0 spiro atoms. The van der Waals surface area contributed by atoms with Gasteiger partial charge >= 0.3 is 0 Å². The maximum absolute atomic E-state index is 13.2. The quantitative estimate of drug-likeness (QED) is 0.780. The molecule has 1 aromatic rings. The van der Waals surface area contributed by atoms with Crippen LogP contribution in [0.4, 0.5) is 15.8 Å². The zero-order valence-electron chi connectivity index (χ0n) is 9.42. The van der Waals surface area contributed by atoms with E-state index >= 15 is 0 Å². The van der Waals surface area contributed by atoms with E-state index in [1.54, 1.807) is 13.0 Å². The number of hydrogen-bond donors (Lipinski definition) is 2. The van der Waals surface area contributed by atoms with Crippen LogP contribution in [0.5, 0.6) is 0 Å². The molecule has 0 aliphatic carbocycles. The van der Waals surface area contributed by atoms with Crippen LogP contribution in [0, 0.1) is 12.7 Å². The molecule has 0 aromatic heterocycles. The minimum absolute atomic E-state index is 0.235. The van der Waals surface area contributed by atoms with Crippen molar-refractivity contribution in [3.8, 4) is 0 Å². The molecule has 0 amide bonds. The fraction of sp³-hybridized carbons (Fsp3) is 0.500. The molecule has 1 heterocycles. The molecule has 88 valence electrons. The number of nitrogen functional groups attached to an aromatic ring is 1. The SMILES string of the molecule is Cc1cc(NC2CCCSC2)c(N)cc1F. The average Bonchev–Trinajstić information content (AvgIpc) is 2.27. The first-order chi connectivity index (χ1) is 7.66. The third kappa shape index (κ3) is 2.61. The van der Waals surface area contributed by atoms with Gasteiger partial charge in [0.25, 0.3) is 0 Å².